The van der Waals surface area contributed by atoms with Gasteiger partial charge in [-0.3, -0.25) is 14.7 Å². The molecule has 3 fully saturated rings. The lowest BCUT2D eigenvalue weighted by Gasteiger charge is -2.38. The maximum absolute atomic E-state index is 13.4. The van der Waals surface area contributed by atoms with Gasteiger partial charge in [0.05, 0.1) is 11.7 Å². The van der Waals surface area contributed by atoms with Crippen molar-refractivity contribution in [1.82, 2.24) is 15.2 Å². The zero-order valence-electron chi connectivity index (χ0n) is 14.8. The quantitative estimate of drug-likeness (QED) is 0.902. The van der Waals surface area contributed by atoms with Gasteiger partial charge in [-0.1, -0.05) is 18.9 Å². The number of carbonyl (C=O) groups excluding carboxylic acids is 1. The molecule has 0 spiro atoms. The molecule has 0 bridgehead atoms. The first-order valence-corrected chi connectivity index (χ1v) is 9.68. The summed E-state index contributed by atoms with van der Waals surface area (Å²) >= 11 is 0. The molecule has 1 amide bonds. The van der Waals surface area contributed by atoms with Gasteiger partial charge >= 0.3 is 0 Å². The van der Waals surface area contributed by atoms with Gasteiger partial charge in [0.2, 0.25) is 5.91 Å². The van der Waals surface area contributed by atoms with Gasteiger partial charge in [-0.15, -0.1) is 0 Å². The molecule has 0 aromatic carbocycles. The number of amides is 1. The normalized spacial score (nSPS) is 24.9. The summed E-state index contributed by atoms with van der Waals surface area (Å²) in [4.78, 5) is 20.5. The molecule has 1 aromatic heterocycles. The molecule has 4 heteroatoms. The second kappa shape index (κ2) is 6.47. The Morgan fingerprint density at radius 1 is 1.25 bits per heavy atom. The summed E-state index contributed by atoms with van der Waals surface area (Å²) in [5, 5.41) is 3.45. The van der Waals surface area contributed by atoms with Gasteiger partial charge in [-0.2, -0.15) is 0 Å². The van der Waals surface area contributed by atoms with Gasteiger partial charge in [0.25, 0.3) is 0 Å². The van der Waals surface area contributed by atoms with Gasteiger partial charge < -0.3 is 5.32 Å². The van der Waals surface area contributed by atoms with E-state index in [2.05, 4.69) is 28.2 Å². The second-order valence-corrected chi connectivity index (χ2v) is 7.93. The lowest BCUT2D eigenvalue weighted by Crippen LogP contribution is -2.57. The van der Waals surface area contributed by atoms with E-state index in [-0.39, 0.29) is 17.5 Å². The first kappa shape index (κ1) is 16.1. The standard InChI is InChI=1S/C20H29N3O/c1-15-7-6-12-21-17(15)18(16-8-9-16)22-19(24)20(10-2-3-11-20)23-13-4-5-14-23/h6-7,12,16,18H,2-5,8-11,13-14H2,1H3,(H,22,24)/t18-/m1/s1. The van der Waals surface area contributed by atoms with E-state index in [1.807, 2.05) is 12.3 Å². The Kier molecular flexibility index (Phi) is 4.33. The van der Waals surface area contributed by atoms with Crippen LogP contribution in [0.15, 0.2) is 18.3 Å². The van der Waals surface area contributed by atoms with E-state index in [1.165, 1.54) is 44.1 Å². The smallest absolute Gasteiger partial charge is 0.241 e. The number of pyridine rings is 1. The molecule has 2 heterocycles. The summed E-state index contributed by atoms with van der Waals surface area (Å²) < 4.78 is 0. The monoisotopic (exact) mass is 327 g/mol. The Labute approximate surface area is 145 Å². The fourth-order valence-corrected chi connectivity index (χ4v) is 4.73. The summed E-state index contributed by atoms with van der Waals surface area (Å²) in [7, 11) is 0. The second-order valence-electron chi connectivity index (χ2n) is 7.93. The number of rotatable bonds is 5. The summed E-state index contributed by atoms with van der Waals surface area (Å²) in [6.07, 6.45) is 11.2. The highest BCUT2D eigenvalue weighted by Gasteiger charge is 2.48. The van der Waals surface area contributed by atoms with E-state index in [1.54, 1.807) is 0 Å². The van der Waals surface area contributed by atoms with Crippen LogP contribution in [0.1, 0.15) is 68.7 Å². The molecule has 4 rings (SSSR count). The van der Waals surface area contributed by atoms with Crippen LogP contribution >= 0.6 is 0 Å². The lowest BCUT2D eigenvalue weighted by atomic mass is 9.92. The highest BCUT2D eigenvalue weighted by atomic mass is 16.2. The van der Waals surface area contributed by atoms with Crippen LogP contribution in [0.25, 0.3) is 0 Å². The van der Waals surface area contributed by atoms with Crippen molar-refractivity contribution >= 4 is 5.91 Å². The van der Waals surface area contributed by atoms with E-state index >= 15 is 0 Å². The molecule has 1 saturated heterocycles. The van der Waals surface area contributed by atoms with Crippen molar-refractivity contribution in [3.63, 3.8) is 0 Å². The summed E-state index contributed by atoms with van der Waals surface area (Å²) in [6, 6.07) is 4.18. The number of hydrogen-bond donors (Lipinski definition) is 1. The lowest BCUT2D eigenvalue weighted by molar-refractivity contribution is -0.133. The maximum atomic E-state index is 13.4. The molecular weight excluding hydrogens is 298 g/mol. The van der Waals surface area contributed by atoms with Crippen molar-refractivity contribution < 1.29 is 4.79 Å². The molecule has 4 nitrogen and oxygen atoms in total. The Balaban J connectivity index is 1.57. The van der Waals surface area contributed by atoms with Crippen molar-refractivity contribution in [2.45, 2.75) is 69.9 Å². The fourth-order valence-electron chi connectivity index (χ4n) is 4.73. The molecule has 1 atom stereocenters. The molecule has 3 aliphatic rings. The zero-order valence-corrected chi connectivity index (χ0v) is 14.8. The number of aryl methyl sites for hydroxylation is 1. The highest BCUT2D eigenvalue weighted by molar-refractivity contribution is 5.87. The van der Waals surface area contributed by atoms with Crippen LogP contribution < -0.4 is 5.32 Å². The van der Waals surface area contributed by atoms with Crippen molar-refractivity contribution in [1.29, 1.82) is 0 Å². The van der Waals surface area contributed by atoms with Gasteiger partial charge in [-0.05, 0) is 76.1 Å². The summed E-state index contributed by atoms with van der Waals surface area (Å²) in [5.41, 5.74) is 2.02. The van der Waals surface area contributed by atoms with Gasteiger partial charge in [0.1, 0.15) is 5.54 Å². The van der Waals surface area contributed by atoms with E-state index in [0.717, 1.165) is 31.6 Å². The number of hydrogen-bond acceptors (Lipinski definition) is 3. The molecule has 1 N–H and O–H groups in total. The molecule has 2 aliphatic carbocycles. The molecule has 1 aliphatic heterocycles. The molecule has 2 saturated carbocycles. The molecule has 1 aromatic rings. The topological polar surface area (TPSA) is 45.2 Å². The van der Waals surface area contributed by atoms with Crippen molar-refractivity contribution in [2.75, 3.05) is 13.1 Å². The van der Waals surface area contributed by atoms with Crippen LogP contribution in [0, 0.1) is 12.8 Å². The SMILES string of the molecule is Cc1cccnc1[C@H](NC(=O)C1(N2CCCC2)CCCC1)C1CC1. The van der Waals surface area contributed by atoms with E-state index < -0.39 is 0 Å². The minimum Gasteiger partial charge on any atom is -0.346 e. The highest BCUT2D eigenvalue weighted by Crippen LogP contribution is 2.43. The molecule has 130 valence electrons. The van der Waals surface area contributed by atoms with Crippen LogP contribution in [0.2, 0.25) is 0 Å². The van der Waals surface area contributed by atoms with Crippen molar-refractivity contribution in [3.05, 3.63) is 29.6 Å². The minimum absolute atomic E-state index is 0.0961. The summed E-state index contributed by atoms with van der Waals surface area (Å²) in [6.45, 7) is 4.28. The van der Waals surface area contributed by atoms with E-state index in [0.29, 0.717) is 5.92 Å². The van der Waals surface area contributed by atoms with Crippen LogP contribution in [-0.4, -0.2) is 34.4 Å². The van der Waals surface area contributed by atoms with E-state index in [4.69, 9.17) is 0 Å². The number of nitrogens with one attached hydrogen (secondary N) is 1. The van der Waals surface area contributed by atoms with Crippen LogP contribution in [0.5, 0.6) is 0 Å². The Hall–Kier alpha value is -1.42. The average molecular weight is 327 g/mol. The molecule has 0 unspecified atom stereocenters. The first-order chi connectivity index (χ1) is 11.7. The van der Waals surface area contributed by atoms with Crippen LogP contribution in [0.4, 0.5) is 0 Å². The number of aromatic nitrogens is 1. The van der Waals surface area contributed by atoms with Crippen molar-refractivity contribution in [2.24, 2.45) is 5.92 Å². The zero-order chi connectivity index (χ0) is 16.6. The van der Waals surface area contributed by atoms with Crippen LogP contribution in [0.3, 0.4) is 0 Å². The largest absolute Gasteiger partial charge is 0.346 e. The van der Waals surface area contributed by atoms with Gasteiger partial charge in [0, 0.05) is 6.20 Å². The third-order valence-corrected chi connectivity index (χ3v) is 6.29. The predicted octanol–water partition coefficient (Wildman–Crippen LogP) is 3.37. The Bertz CT molecular complexity index is 599. The number of nitrogens with zero attached hydrogens (tertiary/aromatic N) is 2. The Morgan fingerprint density at radius 2 is 1.96 bits per heavy atom. The fraction of sp³-hybridized carbons (Fsp3) is 0.700. The van der Waals surface area contributed by atoms with Crippen molar-refractivity contribution in [3.8, 4) is 0 Å². The number of likely N-dealkylation sites (tertiary alicyclic amines) is 1. The first-order valence-electron chi connectivity index (χ1n) is 9.68. The third-order valence-electron chi connectivity index (χ3n) is 6.29. The molecule has 24 heavy (non-hydrogen) atoms. The van der Waals surface area contributed by atoms with Crippen LogP contribution in [-0.2, 0) is 4.79 Å². The summed E-state index contributed by atoms with van der Waals surface area (Å²) in [5.74, 6) is 0.837. The van der Waals surface area contributed by atoms with Gasteiger partial charge in [0.15, 0.2) is 0 Å². The van der Waals surface area contributed by atoms with E-state index in [9.17, 15) is 4.79 Å². The minimum atomic E-state index is -0.244. The molecule has 0 radical (unpaired) electrons. The third kappa shape index (κ3) is 2.85. The predicted molar refractivity (Wildman–Crippen MR) is 94.6 cm³/mol. The Morgan fingerprint density at radius 3 is 2.58 bits per heavy atom. The van der Waals surface area contributed by atoms with Gasteiger partial charge in [-0.25, -0.2) is 0 Å². The number of carbonyl (C=O) groups is 1. The average Bonchev–Trinajstić information content (AvgIpc) is 3.08. The molecular formula is C20H29N3O. The maximum Gasteiger partial charge on any atom is 0.241 e.